The molecule has 6 heteroatoms. The van der Waals surface area contributed by atoms with Gasteiger partial charge in [-0.15, -0.1) is 0 Å². The summed E-state index contributed by atoms with van der Waals surface area (Å²) < 4.78 is 28.5. The van der Waals surface area contributed by atoms with Gasteiger partial charge in [0, 0.05) is 32.2 Å². The van der Waals surface area contributed by atoms with E-state index in [1.807, 2.05) is 0 Å². The van der Waals surface area contributed by atoms with Gasteiger partial charge in [0.1, 0.15) is 0 Å². The number of hydrogen-bond donors (Lipinski definition) is 1. The first-order chi connectivity index (χ1) is 9.41. The van der Waals surface area contributed by atoms with E-state index >= 15 is 0 Å². The quantitative estimate of drug-likeness (QED) is 0.621. The van der Waals surface area contributed by atoms with Crippen LogP contribution in [-0.4, -0.2) is 55.8 Å². The molecule has 0 atom stereocenters. The van der Waals surface area contributed by atoms with E-state index in [0.29, 0.717) is 25.0 Å². The molecule has 2 saturated carbocycles. The predicted octanol–water partition coefficient (Wildman–Crippen LogP) is 1.43. The Labute approximate surface area is 123 Å². The summed E-state index contributed by atoms with van der Waals surface area (Å²) in [5.74, 6) is 0.371. The van der Waals surface area contributed by atoms with E-state index in [1.54, 1.807) is 11.4 Å². The van der Waals surface area contributed by atoms with Crippen LogP contribution < -0.4 is 5.32 Å². The molecular weight excluding hydrogens is 274 g/mol. The third kappa shape index (κ3) is 4.69. The summed E-state index contributed by atoms with van der Waals surface area (Å²) >= 11 is 0. The van der Waals surface area contributed by atoms with Crippen LogP contribution in [0.25, 0.3) is 0 Å². The molecule has 0 aliphatic heterocycles. The van der Waals surface area contributed by atoms with Gasteiger partial charge in [0.25, 0.3) is 10.2 Å². The number of rotatable bonds is 10. The second-order valence-electron chi connectivity index (χ2n) is 6.61. The molecule has 0 heterocycles. The molecular formula is C14H29N3O2S. The zero-order chi connectivity index (χ0) is 14.8. The van der Waals surface area contributed by atoms with Gasteiger partial charge >= 0.3 is 0 Å². The van der Waals surface area contributed by atoms with Gasteiger partial charge < -0.3 is 5.32 Å². The maximum Gasteiger partial charge on any atom is 0.281 e. The van der Waals surface area contributed by atoms with Crippen LogP contribution in [0.2, 0.25) is 0 Å². The Kier molecular flexibility index (Phi) is 5.45. The fraction of sp³-hybridized carbons (Fsp3) is 1.00. The highest BCUT2D eigenvalue weighted by molar-refractivity contribution is 7.86. The lowest BCUT2D eigenvalue weighted by molar-refractivity contribution is 0.322. The summed E-state index contributed by atoms with van der Waals surface area (Å²) in [6, 6.07) is 0.940. The van der Waals surface area contributed by atoms with E-state index in [9.17, 15) is 8.42 Å². The van der Waals surface area contributed by atoms with Crippen LogP contribution in [0.15, 0.2) is 0 Å². The fourth-order valence-electron chi connectivity index (χ4n) is 2.34. The molecule has 0 saturated heterocycles. The first-order valence-electron chi connectivity index (χ1n) is 7.87. The average Bonchev–Trinajstić information content (AvgIpc) is 3.24. The Morgan fingerprint density at radius 3 is 2.35 bits per heavy atom. The first-order valence-corrected chi connectivity index (χ1v) is 9.27. The average molecular weight is 303 g/mol. The van der Waals surface area contributed by atoms with Crippen molar-refractivity contribution >= 4 is 10.2 Å². The molecule has 0 spiro atoms. The molecule has 0 aromatic carbocycles. The normalized spacial score (nSPS) is 20.3. The Bertz CT molecular complexity index is 403. The summed E-state index contributed by atoms with van der Waals surface area (Å²) in [5, 5.41) is 3.42. The molecule has 0 amide bonds. The minimum Gasteiger partial charge on any atom is -0.314 e. The molecule has 0 unspecified atom stereocenters. The minimum absolute atomic E-state index is 0.245. The number of hydrogen-bond acceptors (Lipinski definition) is 3. The lowest BCUT2D eigenvalue weighted by atomic mass is 10.2. The lowest BCUT2D eigenvalue weighted by Gasteiger charge is -2.28. The van der Waals surface area contributed by atoms with Crippen LogP contribution in [-0.2, 0) is 10.2 Å². The van der Waals surface area contributed by atoms with Crippen LogP contribution >= 0.6 is 0 Å². The molecule has 0 aromatic heterocycles. The molecule has 1 N–H and O–H groups in total. The molecule has 0 radical (unpaired) electrons. The molecule has 2 fully saturated rings. The molecule has 2 aliphatic carbocycles. The second-order valence-corrected chi connectivity index (χ2v) is 8.59. The van der Waals surface area contributed by atoms with E-state index in [4.69, 9.17) is 0 Å². The number of nitrogens with zero attached hydrogens (tertiary/aromatic N) is 2. The van der Waals surface area contributed by atoms with Crippen molar-refractivity contribution in [3.05, 3.63) is 0 Å². The second kappa shape index (κ2) is 6.73. The van der Waals surface area contributed by atoms with Gasteiger partial charge in [0.2, 0.25) is 0 Å². The van der Waals surface area contributed by atoms with Crippen LogP contribution in [0.4, 0.5) is 0 Å². The van der Waals surface area contributed by atoms with Gasteiger partial charge in [-0.1, -0.05) is 13.8 Å². The van der Waals surface area contributed by atoms with Gasteiger partial charge in [-0.3, -0.25) is 0 Å². The highest BCUT2D eigenvalue weighted by atomic mass is 32.2. The van der Waals surface area contributed by atoms with E-state index in [2.05, 4.69) is 19.2 Å². The zero-order valence-electron chi connectivity index (χ0n) is 13.0. The SMILES string of the molecule is CC(C)CN(C1CC1)S(=O)(=O)N(C)CCCNC1CC1. The largest absolute Gasteiger partial charge is 0.314 e. The third-order valence-corrected chi connectivity index (χ3v) is 5.86. The molecule has 2 rings (SSSR count). The molecule has 118 valence electrons. The molecule has 20 heavy (non-hydrogen) atoms. The van der Waals surface area contributed by atoms with Crippen LogP contribution in [0.1, 0.15) is 46.0 Å². The third-order valence-electron chi connectivity index (χ3n) is 3.85. The van der Waals surface area contributed by atoms with E-state index in [1.165, 1.54) is 17.1 Å². The standard InChI is InChI=1S/C14H29N3O2S/c1-12(2)11-17(14-7-8-14)20(18,19)16(3)10-4-9-15-13-5-6-13/h12-15H,4-11H2,1-3H3. The van der Waals surface area contributed by atoms with Gasteiger partial charge in [0.15, 0.2) is 0 Å². The maximum atomic E-state index is 12.6. The summed E-state index contributed by atoms with van der Waals surface area (Å²) in [7, 11) is -1.57. The Morgan fingerprint density at radius 2 is 1.85 bits per heavy atom. The lowest BCUT2D eigenvalue weighted by Crippen LogP contribution is -2.45. The van der Waals surface area contributed by atoms with Gasteiger partial charge in [-0.05, 0) is 44.6 Å². The highest BCUT2D eigenvalue weighted by Crippen LogP contribution is 2.31. The Morgan fingerprint density at radius 1 is 1.20 bits per heavy atom. The van der Waals surface area contributed by atoms with Crippen molar-refractivity contribution in [1.29, 1.82) is 0 Å². The van der Waals surface area contributed by atoms with E-state index < -0.39 is 10.2 Å². The molecule has 0 bridgehead atoms. The zero-order valence-corrected chi connectivity index (χ0v) is 13.8. The topological polar surface area (TPSA) is 52.7 Å². The van der Waals surface area contributed by atoms with Crippen molar-refractivity contribution in [3.8, 4) is 0 Å². The van der Waals surface area contributed by atoms with Crippen LogP contribution in [0.3, 0.4) is 0 Å². The van der Waals surface area contributed by atoms with Gasteiger partial charge in [-0.25, -0.2) is 0 Å². The fourth-order valence-corrected chi connectivity index (χ4v) is 4.14. The minimum atomic E-state index is -3.28. The highest BCUT2D eigenvalue weighted by Gasteiger charge is 2.39. The van der Waals surface area contributed by atoms with Crippen molar-refractivity contribution in [1.82, 2.24) is 13.9 Å². The summed E-state index contributed by atoms with van der Waals surface area (Å²) in [4.78, 5) is 0. The maximum absolute atomic E-state index is 12.6. The molecule has 0 aromatic rings. The van der Waals surface area contributed by atoms with Gasteiger partial charge in [-0.2, -0.15) is 17.0 Å². The monoisotopic (exact) mass is 303 g/mol. The number of nitrogens with one attached hydrogen (secondary N) is 1. The van der Waals surface area contributed by atoms with Crippen molar-refractivity contribution in [2.75, 3.05) is 26.7 Å². The predicted molar refractivity (Wildman–Crippen MR) is 81.8 cm³/mol. The Hall–Kier alpha value is -0.170. The first kappa shape index (κ1) is 16.2. The van der Waals surface area contributed by atoms with Crippen LogP contribution in [0.5, 0.6) is 0 Å². The van der Waals surface area contributed by atoms with Gasteiger partial charge in [0.05, 0.1) is 0 Å². The van der Waals surface area contributed by atoms with Crippen LogP contribution in [0, 0.1) is 5.92 Å². The summed E-state index contributed by atoms with van der Waals surface area (Å²) in [6.07, 6.45) is 5.47. The van der Waals surface area contributed by atoms with Crippen molar-refractivity contribution in [2.24, 2.45) is 5.92 Å². The molecule has 2 aliphatic rings. The van der Waals surface area contributed by atoms with Crippen molar-refractivity contribution < 1.29 is 8.42 Å². The van der Waals surface area contributed by atoms with Crippen molar-refractivity contribution in [3.63, 3.8) is 0 Å². The summed E-state index contributed by atoms with van der Waals surface area (Å²) in [5.41, 5.74) is 0. The van der Waals surface area contributed by atoms with E-state index in [-0.39, 0.29) is 6.04 Å². The molecule has 5 nitrogen and oxygen atoms in total. The van der Waals surface area contributed by atoms with Crippen molar-refractivity contribution in [2.45, 2.75) is 58.0 Å². The van der Waals surface area contributed by atoms with E-state index in [0.717, 1.165) is 25.8 Å². The summed E-state index contributed by atoms with van der Waals surface area (Å²) in [6.45, 7) is 6.30. The smallest absolute Gasteiger partial charge is 0.281 e. The Balaban J connectivity index is 1.81.